The molecule has 16 nitrogen and oxygen atoms in total. The number of nitrogens with zero attached hydrogens (tertiary/aromatic N) is 4. The highest BCUT2D eigenvalue weighted by atomic mass is 32.2. The van der Waals surface area contributed by atoms with Crippen molar-refractivity contribution in [1.82, 2.24) is 35.4 Å². The second-order valence-electron chi connectivity index (χ2n) is 16.4. The lowest BCUT2D eigenvalue weighted by Gasteiger charge is -2.28. The number of nitrogens with two attached hydrogens (primary N) is 1. The molecule has 1 fully saturated rings. The summed E-state index contributed by atoms with van der Waals surface area (Å²) in [5.41, 5.74) is 7.88. The van der Waals surface area contributed by atoms with Gasteiger partial charge in [-0.3, -0.25) is 28.9 Å². The molecule has 4 rings (SSSR count). The second-order valence-corrected chi connectivity index (χ2v) is 17.6. The number of amides is 5. The number of thioether (sulfide) groups is 1. The largest absolute Gasteiger partial charge is 0.382 e. The fourth-order valence-corrected chi connectivity index (χ4v) is 8.38. The third-order valence-corrected chi connectivity index (χ3v) is 11.8. The van der Waals surface area contributed by atoms with Gasteiger partial charge >= 0.3 is 0 Å². The van der Waals surface area contributed by atoms with E-state index in [-0.39, 0.29) is 101 Å². The van der Waals surface area contributed by atoms with Crippen molar-refractivity contribution in [1.29, 1.82) is 0 Å². The summed E-state index contributed by atoms with van der Waals surface area (Å²) in [5.74, 6) is -0.132. The number of para-hydroxylation sites is 1. The van der Waals surface area contributed by atoms with Crippen LogP contribution in [0.5, 0.6) is 0 Å². The first-order valence-corrected chi connectivity index (χ1v) is 23.6. The Labute approximate surface area is 370 Å². The smallest absolute Gasteiger partial charge is 0.242 e. The number of pyridine rings is 1. The number of nitrogen functional groups attached to an aromatic ring is 1. The van der Waals surface area contributed by atoms with Gasteiger partial charge in [0.25, 0.3) is 0 Å². The van der Waals surface area contributed by atoms with Crippen LogP contribution in [-0.2, 0) is 51.3 Å². The summed E-state index contributed by atoms with van der Waals surface area (Å²) in [6, 6.07) is 7.75. The number of benzene rings is 1. The van der Waals surface area contributed by atoms with Gasteiger partial charge in [-0.05, 0) is 33.3 Å². The van der Waals surface area contributed by atoms with Crippen LogP contribution >= 0.6 is 11.8 Å². The average Bonchev–Trinajstić information content (AvgIpc) is 3.73. The van der Waals surface area contributed by atoms with Gasteiger partial charge in [0, 0.05) is 57.4 Å². The average molecular weight is 883 g/mol. The van der Waals surface area contributed by atoms with Gasteiger partial charge in [0.05, 0.1) is 54.0 Å². The van der Waals surface area contributed by atoms with Crippen LogP contribution in [0.2, 0.25) is 0 Å². The maximum atomic E-state index is 12.9. The van der Waals surface area contributed by atoms with Gasteiger partial charge < -0.3 is 40.5 Å². The number of hydrogen-bond donors (Lipinski definition) is 4. The Hall–Kier alpha value is -4.32. The van der Waals surface area contributed by atoms with E-state index in [0.717, 1.165) is 34.2 Å². The van der Waals surface area contributed by atoms with Crippen LogP contribution in [0.15, 0.2) is 24.3 Å². The fraction of sp³-hybridized carbons (Fsp3) is 0.667. The van der Waals surface area contributed by atoms with Gasteiger partial charge in [-0.25, -0.2) is 9.97 Å². The summed E-state index contributed by atoms with van der Waals surface area (Å²) in [5, 5.41) is 9.07. The second kappa shape index (κ2) is 27.0. The van der Waals surface area contributed by atoms with Gasteiger partial charge in [-0.15, -0.1) is 11.8 Å². The number of imidazole rings is 1. The maximum Gasteiger partial charge on any atom is 0.242 e. The number of anilines is 1. The molecule has 5 N–H and O–H groups in total. The van der Waals surface area contributed by atoms with Crippen molar-refractivity contribution in [3.05, 3.63) is 30.1 Å². The zero-order valence-electron chi connectivity index (χ0n) is 37.4. The molecular weight excluding hydrogens is 813 g/mol. The Morgan fingerprint density at radius 2 is 1.50 bits per heavy atom. The summed E-state index contributed by atoms with van der Waals surface area (Å²) in [6.45, 7) is 11.1. The molecule has 1 aliphatic heterocycles. The van der Waals surface area contributed by atoms with Crippen molar-refractivity contribution >= 4 is 69.1 Å². The summed E-state index contributed by atoms with van der Waals surface area (Å²) in [6.07, 6.45) is 12.4. The number of hydrogen-bond acceptors (Lipinski definition) is 12. The predicted molar refractivity (Wildman–Crippen MR) is 243 cm³/mol. The molecule has 0 saturated carbocycles. The minimum Gasteiger partial charge on any atom is -0.382 e. The molecule has 0 radical (unpaired) electrons. The van der Waals surface area contributed by atoms with E-state index in [2.05, 4.69) is 32.4 Å². The lowest BCUT2D eigenvalue weighted by molar-refractivity contribution is -0.138. The summed E-state index contributed by atoms with van der Waals surface area (Å²) in [4.78, 5) is 73.5. The van der Waals surface area contributed by atoms with Crippen LogP contribution in [0.3, 0.4) is 0 Å². The van der Waals surface area contributed by atoms with Crippen LogP contribution in [-0.4, -0.2) is 118 Å². The van der Waals surface area contributed by atoms with Crippen molar-refractivity contribution in [3.8, 4) is 0 Å². The number of likely N-dealkylation sites (tertiary alicyclic amines) is 1. The third kappa shape index (κ3) is 16.8. The van der Waals surface area contributed by atoms with Crippen molar-refractivity contribution in [2.75, 3.05) is 64.2 Å². The summed E-state index contributed by atoms with van der Waals surface area (Å²) >= 11 is 1.18. The predicted octanol–water partition coefficient (Wildman–Crippen LogP) is 5.43. The Morgan fingerprint density at radius 3 is 2.23 bits per heavy atom. The Kier molecular flexibility index (Phi) is 21.9. The van der Waals surface area contributed by atoms with Crippen LogP contribution in [0.4, 0.5) is 5.82 Å². The number of rotatable bonds is 32. The lowest BCUT2D eigenvalue weighted by atomic mass is 10.0. The molecule has 1 aromatic carbocycles. The molecule has 1 atom stereocenters. The topological polar surface area (TPSA) is 209 Å². The monoisotopic (exact) mass is 883 g/mol. The lowest BCUT2D eigenvalue weighted by Crippen LogP contribution is -2.47. The molecule has 344 valence electrons. The molecule has 62 heavy (non-hydrogen) atoms. The van der Waals surface area contributed by atoms with E-state index in [1.54, 1.807) is 0 Å². The number of imide groups is 1. The molecule has 1 aliphatic rings. The van der Waals surface area contributed by atoms with Crippen LogP contribution in [0, 0.1) is 0 Å². The van der Waals surface area contributed by atoms with Crippen molar-refractivity contribution in [2.24, 2.45) is 0 Å². The highest BCUT2D eigenvalue weighted by Crippen LogP contribution is 2.30. The first-order chi connectivity index (χ1) is 29.9. The number of carbonyl (C=O) groups excluding carboxylic acids is 5. The summed E-state index contributed by atoms with van der Waals surface area (Å²) < 4.78 is 18.9. The summed E-state index contributed by atoms with van der Waals surface area (Å²) in [7, 11) is 0. The van der Waals surface area contributed by atoms with Crippen molar-refractivity contribution < 1.29 is 38.2 Å². The van der Waals surface area contributed by atoms with Crippen molar-refractivity contribution in [2.45, 2.75) is 135 Å². The zero-order chi connectivity index (χ0) is 44.7. The number of ether oxygens (including phenoxy) is 3. The molecule has 0 bridgehead atoms. The molecule has 17 heteroatoms. The number of carbonyl (C=O) groups is 5. The van der Waals surface area contributed by atoms with E-state index >= 15 is 0 Å². The standard InChI is InChI=1S/C45H70N8O8S/c1-5-7-8-9-10-11-12-13-14-17-22-47-39(56)31-62-35-29-40(57)52(44(35)58)24-20-37(54)48-23-26-61-28-27-60-25-21-38(55)51-45(3,4)32-53-36(30-59-6-2)50-41-42(53)33-18-15-16-19-34(33)49-43(41)46/h15-16,18-19,35H,5-14,17,20-32H2,1-4H3,(H2,46,49)(H,47,56)(H,48,54)(H,51,55). The molecule has 3 aromatic rings. The Bertz CT molecular complexity index is 1910. The Morgan fingerprint density at radius 1 is 0.823 bits per heavy atom. The molecule has 2 aromatic heterocycles. The van der Waals surface area contributed by atoms with E-state index in [0.29, 0.717) is 36.9 Å². The van der Waals surface area contributed by atoms with E-state index in [4.69, 9.17) is 24.9 Å². The van der Waals surface area contributed by atoms with Crippen LogP contribution < -0.4 is 21.7 Å². The highest BCUT2D eigenvalue weighted by molar-refractivity contribution is 8.01. The highest BCUT2D eigenvalue weighted by Gasteiger charge is 2.39. The molecule has 1 saturated heterocycles. The first kappa shape index (κ1) is 50.3. The zero-order valence-corrected chi connectivity index (χ0v) is 38.2. The quantitative estimate of drug-likeness (QED) is 0.0458. The third-order valence-electron chi connectivity index (χ3n) is 10.6. The maximum absolute atomic E-state index is 12.9. The molecular formula is C45H70N8O8S. The molecule has 3 heterocycles. The minimum absolute atomic E-state index is 0.00952. The SMILES string of the molecule is CCCCCCCCCCCCNC(=O)CSC1CC(=O)N(CCC(=O)NCCOCCOCCC(=O)NC(C)(C)Cn2c(COCC)nc3c(N)nc4ccccc4c32)C1=O. The van der Waals surface area contributed by atoms with Crippen LogP contribution in [0.25, 0.3) is 21.9 Å². The van der Waals surface area contributed by atoms with Gasteiger partial charge in [-0.1, -0.05) is 82.9 Å². The van der Waals surface area contributed by atoms with Gasteiger partial charge in [0.15, 0.2) is 5.82 Å². The number of unbranched alkanes of at least 4 members (excludes halogenated alkanes) is 9. The molecule has 0 aliphatic carbocycles. The van der Waals surface area contributed by atoms with Gasteiger partial charge in [0.1, 0.15) is 17.9 Å². The first-order valence-electron chi connectivity index (χ1n) is 22.5. The molecule has 1 unspecified atom stereocenters. The number of fused-ring (bicyclic) bond motifs is 3. The van der Waals surface area contributed by atoms with Gasteiger partial charge in [-0.2, -0.15) is 0 Å². The van der Waals surface area contributed by atoms with E-state index in [9.17, 15) is 24.0 Å². The van der Waals surface area contributed by atoms with Crippen LogP contribution in [0.1, 0.15) is 117 Å². The van der Waals surface area contributed by atoms with E-state index < -0.39 is 10.8 Å². The Balaban J connectivity index is 1.02. The normalized spacial score (nSPS) is 14.3. The fourth-order valence-electron chi connectivity index (χ4n) is 7.39. The van der Waals surface area contributed by atoms with E-state index in [1.165, 1.54) is 63.1 Å². The van der Waals surface area contributed by atoms with E-state index in [1.807, 2.05) is 45.0 Å². The molecule has 0 spiro atoms. The molecule has 5 amide bonds. The number of aromatic nitrogens is 3. The number of nitrogens with one attached hydrogen (secondary N) is 3. The van der Waals surface area contributed by atoms with Gasteiger partial charge in [0.2, 0.25) is 29.5 Å². The minimum atomic E-state index is -0.649. The van der Waals surface area contributed by atoms with Crippen molar-refractivity contribution in [3.63, 3.8) is 0 Å².